The van der Waals surface area contributed by atoms with E-state index in [9.17, 15) is 0 Å². The molecule has 1 unspecified atom stereocenters. The topological polar surface area (TPSA) is 15.3 Å². The molecule has 0 saturated heterocycles. The number of rotatable bonds is 6. The predicted molar refractivity (Wildman–Crippen MR) is 74.7 cm³/mol. The van der Waals surface area contributed by atoms with Gasteiger partial charge in [0.05, 0.1) is 0 Å². The molecule has 0 aliphatic carbocycles. The van der Waals surface area contributed by atoms with Crippen LogP contribution in [0.1, 0.15) is 32.3 Å². The molecule has 1 N–H and O–H groups in total. The summed E-state index contributed by atoms with van der Waals surface area (Å²) in [5.41, 5.74) is 2.97. The van der Waals surface area contributed by atoms with Gasteiger partial charge in [-0.05, 0) is 44.4 Å². The Labute approximate surface area is 105 Å². The highest BCUT2D eigenvalue weighted by Gasteiger charge is 2.17. The normalized spacial score (nSPS) is 16.0. The van der Waals surface area contributed by atoms with Crippen molar-refractivity contribution >= 4 is 5.69 Å². The Kier molecular flexibility index (Phi) is 4.43. The highest BCUT2D eigenvalue weighted by molar-refractivity contribution is 5.57. The molecule has 0 amide bonds. The van der Waals surface area contributed by atoms with Crippen molar-refractivity contribution in [2.75, 3.05) is 24.5 Å². The second kappa shape index (κ2) is 6.06. The van der Waals surface area contributed by atoms with Crippen LogP contribution in [0, 0.1) is 0 Å². The van der Waals surface area contributed by atoms with Crippen LogP contribution < -0.4 is 10.2 Å². The monoisotopic (exact) mass is 232 g/mol. The molecule has 2 nitrogen and oxygen atoms in total. The van der Waals surface area contributed by atoms with Crippen LogP contribution in [-0.2, 0) is 6.42 Å². The van der Waals surface area contributed by atoms with Gasteiger partial charge in [0, 0.05) is 24.8 Å². The second-order valence-electron chi connectivity index (χ2n) is 4.98. The minimum absolute atomic E-state index is 0.654. The number of benzene rings is 1. The molecule has 1 aliphatic rings. The van der Waals surface area contributed by atoms with Crippen molar-refractivity contribution in [3.05, 3.63) is 29.8 Å². The van der Waals surface area contributed by atoms with E-state index >= 15 is 0 Å². The molecule has 1 aromatic carbocycles. The van der Waals surface area contributed by atoms with E-state index in [-0.39, 0.29) is 0 Å². The highest BCUT2D eigenvalue weighted by atomic mass is 15.1. The minimum Gasteiger partial charge on any atom is -0.371 e. The van der Waals surface area contributed by atoms with E-state index in [0.29, 0.717) is 6.04 Å². The van der Waals surface area contributed by atoms with Crippen LogP contribution in [0.15, 0.2) is 24.3 Å². The Bertz CT molecular complexity index is 349. The molecule has 0 radical (unpaired) electrons. The molecule has 1 atom stereocenters. The summed E-state index contributed by atoms with van der Waals surface area (Å²) in [6.45, 7) is 8.00. The zero-order chi connectivity index (χ0) is 12.1. The van der Waals surface area contributed by atoms with Crippen LogP contribution in [0.3, 0.4) is 0 Å². The average molecular weight is 232 g/mol. The highest BCUT2D eigenvalue weighted by Crippen LogP contribution is 2.27. The van der Waals surface area contributed by atoms with Gasteiger partial charge in [-0.2, -0.15) is 0 Å². The summed E-state index contributed by atoms with van der Waals surface area (Å²) in [6, 6.07) is 9.46. The lowest BCUT2D eigenvalue weighted by Gasteiger charge is -2.20. The number of nitrogens with zero attached hydrogens (tertiary/aromatic N) is 1. The van der Waals surface area contributed by atoms with E-state index in [2.05, 4.69) is 48.3 Å². The number of hydrogen-bond donors (Lipinski definition) is 1. The minimum atomic E-state index is 0.654. The molecule has 0 aromatic heterocycles. The Balaban J connectivity index is 1.75. The summed E-state index contributed by atoms with van der Waals surface area (Å²) in [7, 11) is 0. The third kappa shape index (κ3) is 3.22. The molecule has 0 spiro atoms. The van der Waals surface area contributed by atoms with Crippen LogP contribution in [0.5, 0.6) is 0 Å². The molecule has 1 aliphatic heterocycles. The molecule has 2 rings (SSSR count). The lowest BCUT2D eigenvalue weighted by molar-refractivity contribution is 0.523. The van der Waals surface area contributed by atoms with E-state index in [1.165, 1.54) is 43.6 Å². The maximum absolute atomic E-state index is 3.55. The Hall–Kier alpha value is -1.02. The quantitative estimate of drug-likeness (QED) is 0.759. The van der Waals surface area contributed by atoms with Crippen molar-refractivity contribution in [3.63, 3.8) is 0 Å². The molecule has 94 valence electrons. The summed E-state index contributed by atoms with van der Waals surface area (Å²) in [5, 5.41) is 3.55. The van der Waals surface area contributed by atoms with Crippen LogP contribution in [0.25, 0.3) is 0 Å². The van der Waals surface area contributed by atoms with Gasteiger partial charge >= 0.3 is 0 Å². The van der Waals surface area contributed by atoms with E-state index in [1.54, 1.807) is 0 Å². The SMILES string of the molecule is CCC(C)NCCCN1CCc2ccccc21. The molecule has 1 aromatic rings. The van der Waals surface area contributed by atoms with Crippen molar-refractivity contribution in [1.29, 1.82) is 0 Å². The molecule has 17 heavy (non-hydrogen) atoms. The average Bonchev–Trinajstić information content (AvgIpc) is 2.78. The summed E-state index contributed by atoms with van der Waals surface area (Å²) in [4.78, 5) is 2.52. The molecule has 2 heteroatoms. The third-order valence-electron chi connectivity index (χ3n) is 3.69. The molecule has 0 fully saturated rings. The van der Waals surface area contributed by atoms with E-state index in [4.69, 9.17) is 0 Å². The molecular weight excluding hydrogens is 208 g/mol. The van der Waals surface area contributed by atoms with Crippen LogP contribution in [-0.4, -0.2) is 25.7 Å². The predicted octanol–water partition coefficient (Wildman–Crippen LogP) is 2.83. The van der Waals surface area contributed by atoms with E-state index < -0.39 is 0 Å². The largest absolute Gasteiger partial charge is 0.371 e. The number of anilines is 1. The van der Waals surface area contributed by atoms with Gasteiger partial charge in [0.2, 0.25) is 0 Å². The number of nitrogens with one attached hydrogen (secondary N) is 1. The first-order valence-electron chi connectivity index (χ1n) is 6.87. The van der Waals surface area contributed by atoms with Crippen LogP contribution in [0.2, 0.25) is 0 Å². The fraction of sp³-hybridized carbons (Fsp3) is 0.600. The summed E-state index contributed by atoms with van der Waals surface area (Å²) < 4.78 is 0. The number of fused-ring (bicyclic) bond motifs is 1. The van der Waals surface area contributed by atoms with E-state index in [0.717, 1.165) is 6.54 Å². The molecule has 0 saturated carbocycles. The van der Waals surface area contributed by atoms with Gasteiger partial charge in [-0.15, -0.1) is 0 Å². The van der Waals surface area contributed by atoms with Crippen molar-refractivity contribution in [2.45, 2.75) is 39.2 Å². The van der Waals surface area contributed by atoms with Gasteiger partial charge in [0.1, 0.15) is 0 Å². The van der Waals surface area contributed by atoms with Gasteiger partial charge < -0.3 is 10.2 Å². The lowest BCUT2D eigenvalue weighted by Crippen LogP contribution is -2.30. The van der Waals surface area contributed by atoms with Crippen molar-refractivity contribution in [2.24, 2.45) is 0 Å². The van der Waals surface area contributed by atoms with Gasteiger partial charge in [-0.25, -0.2) is 0 Å². The van der Waals surface area contributed by atoms with Gasteiger partial charge in [0.15, 0.2) is 0 Å². The van der Waals surface area contributed by atoms with Gasteiger partial charge in [-0.1, -0.05) is 25.1 Å². The second-order valence-corrected chi connectivity index (χ2v) is 4.98. The number of para-hydroxylation sites is 1. The zero-order valence-electron chi connectivity index (χ0n) is 11.1. The fourth-order valence-electron chi connectivity index (χ4n) is 2.40. The number of hydrogen-bond acceptors (Lipinski definition) is 2. The third-order valence-corrected chi connectivity index (χ3v) is 3.69. The first kappa shape index (κ1) is 12.4. The maximum Gasteiger partial charge on any atom is 0.0399 e. The van der Waals surface area contributed by atoms with Crippen LogP contribution in [0.4, 0.5) is 5.69 Å². The zero-order valence-corrected chi connectivity index (χ0v) is 11.1. The summed E-state index contributed by atoms with van der Waals surface area (Å²) >= 11 is 0. The smallest absolute Gasteiger partial charge is 0.0399 e. The van der Waals surface area contributed by atoms with Crippen LogP contribution >= 0.6 is 0 Å². The molecular formula is C15H24N2. The molecule has 1 heterocycles. The van der Waals surface area contributed by atoms with Crippen molar-refractivity contribution < 1.29 is 0 Å². The summed E-state index contributed by atoms with van der Waals surface area (Å²) in [5.74, 6) is 0. The standard InChI is InChI=1S/C15H24N2/c1-3-13(2)16-10-6-11-17-12-9-14-7-4-5-8-15(14)17/h4-5,7-8,13,16H,3,6,9-12H2,1-2H3. The lowest BCUT2D eigenvalue weighted by atomic mass is 10.2. The van der Waals surface area contributed by atoms with E-state index in [1.807, 2.05) is 0 Å². The van der Waals surface area contributed by atoms with Gasteiger partial charge in [-0.3, -0.25) is 0 Å². The van der Waals surface area contributed by atoms with Crippen molar-refractivity contribution in [3.8, 4) is 0 Å². The Morgan fingerprint density at radius 1 is 1.35 bits per heavy atom. The first-order valence-corrected chi connectivity index (χ1v) is 6.87. The molecule has 0 bridgehead atoms. The van der Waals surface area contributed by atoms with Crippen molar-refractivity contribution in [1.82, 2.24) is 5.32 Å². The summed E-state index contributed by atoms with van der Waals surface area (Å²) in [6.07, 6.45) is 3.67. The first-order chi connectivity index (χ1) is 8.31. The Morgan fingerprint density at radius 3 is 3.00 bits per heavy atom. The Morgan fingerprint density at radius 2 is 2.18 bits per heavy atom. The maximum atomic E-state index is 3.55. The van der Waals surface area contributed by atoms with Gasteiger partial charge in [0.25, 0.3) is 0 Å². The fourth-order valence-corrected chi connectivity index (χ4v) is 2.40.